The van der Waals surface area contributed by atoms with Crippen molar-refractivity contribution in [2.75, 3.05) is 24.7 Å². The van der Waals surface area contributed by atoms with Crippen LogP contribution < -0.4 is 5.32 Å². The predicted molar refractivity (Wildman–Crippen MR) is 88.1 cm³/mol. The molecule has 2 saturated heterocycles. The van der Waals surface area contributed by atoms with Crippen molar-refractivity contribution in [2.24, 2.45) is 5.92 Å². The van der Waals surface area contributed by atoms with Crippen molar-refractivity contribution < 1.29 is 9.15 Å². The molecule has 2 aliphatic rings. The van der Waals surface area contributed by atoms with Crippen molar-refractivity contribution in [3.8, 4) is 0 Å². The average Bonchev–Trinajstić information content (AvgIpc) is 3.10. The highest BCUT2D eigenvalue weighted by Crippen LogP contribution is 2.44. The number of hydrogen-bond donors (Lipinski definition) is 1. The SMILES string of the molecule is CCCNC(c1ccc(Cl)o1)C1CCOC2(CCSC2)C1. The third-order valence-electron chi connectivity index (χ3n) is 4.58. The van der Waals surface area contributed by atoms with Crippen molar-refractivity contribution in [2.45, 2.75) is 44.2 Å². The van der Waals surface area contributed by atoms with Crippen LogP contribution in [0.4, 0.5) is 0 Å². The predicted octanol–water partition coefficient (Wildman–Crippen LogP) is 4.28. The number of furan rings is 1. The molecule has 118 valence electrons. The van der Waals surface area contributed by atoms with Gasteiger partial charge in [0.15, 0.2) is 5.22 Å². The van der Waals surface area contributed by atoms with Crippen molar-refractivity contribution in [1.82, 2.24) is 5.32 Å². The van der Waals surface area contributed by atoms with Crippen LogP contribution in [0.15, 0.2) is 16.5 Å². The molecule has 3 rings (SSSR count). The summed E-state index contributed by atoms with van der Waals surface area (Å²) in [6.07, 6.45) is 4.52. The number of ether oxygens (including phenoxy) is 1. The summed E-state index contributed by atoms with van der Waals surface area (Å²) < 4.78 is 11.9. The maximum Gasteiger partial charge on any atom is 0.193 e. The van der Waals surface area contributed by atoms with Gasteiger partial charge in [-0.15, -0.1) is 0 Å². The minimum absolute atomic E-state index is 0.107. The van der Waals surface area contributed by atoms with Crippen LogP contribution in [0.1, 0.15) is 44.4 Å². The summed E-state index contributed by atoms with van der Waals surface area (Å²) >= 11 is 8.00. The second-order valence-electron chi connectivity index (χ2n) is 6.16. The lowest BCUT2D eigenvalue weighted by atomic mass is 9.80. The van der Waals surface area contributed by atoms with Crippen molar-refractivity contribution in [1.29, 1.82) is 0 Å². The topological polar surface area (TPSA) is 34.4 Å². The first-order valence-corrected chi connectivity index (χ1v) is 9.46. The molecule has 0 aliphatic carbocycles. The van der Waals surface area contributed by atoms with E-state index in [4.69, 9.17) is 20.8 Å². The van der Waals surface area contributed by atoms with E-state index in [2.05, 4.69) is 12.2 Å². The second kappa shape index (κ2) is 6.95. The van der Waals surface area contributed by atoms with Crippen LogP contribution in [-0.4, -0.2) is 30.3 Å². The molecule has 0 saturated carbocycles. The highest BCUT2D eigenvalue weighted by Gasteiger charge is 2.43. The van der Waals surface area contributed by atoms with Crippen LogP contribution in [-0.2, 0) is 4.74 Å². The van der Waals surface area contributed by atoms with Gasteiger partial charge in [-0.1, -0.05) is 6.92 Å². The molecule has 0 bridgehead atoms. The Morgan fingerprint density at radius 2 is 2.43 bits per heavy atom. The van der Waals surface area contributed by atoms with Crippen molar-refractivity contribution in [3.05, 3.63) is 23.1 Å². The summed E-state index contributed by atoms with van der Waals surface area (Å²) in [6.45, 7) is 4.06. The standard InChI is InChI=1S/C16H24ClNO2S/c1-2-7-18-15(13-3-4-14(17)20-13)12-5-8-19-16(10-12)6-9-21-11-16/h3-4,12,15,18H,2,5-11H2,1H3. The number of rotatable bonds is 5. The van der Waals surface area contributed by atoms with Gasteiger partial charge >= 0.3 is 0 Å². The van der Waals surface area contributed by atoms with Gasteiger partial charge in [0.2, 0.25) is 0 Å². The lowest BCUT2D eigenvalue weighted by molar-refractivity contribution is -0.0864. The summed E-state index contributed by atoms with van der Waals surface area (Å²) in [7, 11) is 0. The Morgan fingerprint density at radius 3 is 3.10 bits per heavy atom. The van der Waals surface area contributed by atoms with Crippen LogP contribution in [0, 0.1) is 5.92 Å². The minimum Gasteiger partial charge on any atom is -0.448 e. The van der Waals surface area contributed by atoms with E-state index >= 15 is 0 Å². The lowest BCUT2D eigenvalue weighted by Crippen LogP contribution is -2.43. The Kier molecular flexibility index (Phi) is 5.20. The van der Waals surface area contributed by atoms with Gasteiger partial charge in [0, 0.05) is 12.4 Å². The highest BCUT2D eigenvalue weighted by atomic mass is 35.5. The fraction of sp³-hybridized carbons (Fsp3) is 0.750. The highest BCUT2D eigenvalue weighted by molar-refractivity contribution is 7.99. The van der Waals surface area contributed by atoms with Gasteiger partial charge in [-0.2, -0.15) is 11.8 Å². The molecule has 3 atom stereocenters. The molecule has 2 fully saturated rings. The van der Waals surface area contributed by atoms with E-state index in [1.54, 1.807) is 0 Å². The smallest absolute Gasteiger partial charge is 0.193 e. The van der Waals surface area contributed by atoms with Gasteiger partial charge < -0.3 is 14.5 Å². The fourth-order valence-corrected chi connectivity index (χ4v) is 5.04. The van der Waals surface area contributed by atoms with E-state index in [0.717, 1.165) is 43.9 Å². The van der Waals surface area contributed by atoms with Gasteiger partial charge in [-0.05, 0) is 67.6 Å². The molecule has 0 aromatic carbocycles. The molecule has 1 aromatic rings. The third-order valence-corrected chi connectivity index (χ3v) is 6.01. The maximum atomic E-state index is 6.15. The van der Waals surface area contributed by atoms with E-state index in [0.29, 0.717) is 11.1 Å². The zero-order valence-corrected chi connectivity index (χ0v) is 14.1. The van der Waals surface area contributed by atoms with Gasteiger partial charge in [0.05, 0.1) is 11.6 Å². The summed E-state index contributed by atoms with van der Waals surface area (Å²) in [5.41, 5.74) is 0.107. The molecule has 3 nitrogen and oxygen atoms in total. The van der Waals surface area contributed by atoms with Crippen LogP contribution in [0.2, 0.25) is 5.22 Å². The first kappa shape index (κ1) is 15.7. The first-order valence-electron chi connectivity index (χ1n) is 7.93. The zero-order chi connectivity index (χ0) is 14.7. The molecule has 2 aliphatic heterocycles. The van der Waals surface area contributed by atoms with Crippen LogP contribution in [0.25, 0.3) is 0 Å². The molecular formula is C16H24ClNO2S. The quantitative estimate of drug-likeness (QED) is 0.874. The fourth-order valence-electron chi connectivity index (χ4n) is 3.51. The third kappa shape index (κ3) is 3.61. The van der Waals surface area contributed by atoms with Crippen molar-refractivity contribution >= 4 is 23.4 Å². The average molecular weight is 330 g/mol. The monoisotopic (exact) mass is 329 g/mol. The maximum absolute atomic E-state index is 6.15. The van der Waals surface area contributed by atoms with Crippen LogP contribution in [0.3, 0.4) is 0 Å². The second-order valence-corrected chi connectivity index (χ2v) is 7.64. The lowest BCUT2D eigenvalue weighted by Gasteiger charge is -2.40. The molecule has 0 radical (unpaired) electrons. The molecule has 1 N–H and O–H groups in total. The van der Waals surface area contributed by atoms with Crippen molar-refractivity contribution in [3.63, 3.8) is 0 Å². The molecule has 21 heavy (non-hydrogen) atoms. The molecular weight excluding hydrogens is 306 g/mol. The molecule has 3 unspecified atom stereocenters. The molecule has 3 heterocycles. The normalized spacial score (nSPS) is 30.9. The van der Waals surface area contributed by atoms with E-state index < -0.39 is 0 Å². The number of thioether (sulfide) groups is 1. The first-order chi connectivity index (χ1) is 10.2. The number of halogens is 1. The Labute approximate surface area is 136 Å². The summed E-state index contributed by atoms with van der Waals surface area (Å²) in [5, 5.41) is 4.14. The van der Waals surface area contributed by atoms with Gasteiger partial charge in [-0.25, -0.2) is 0 Å². The number of nitrogens with one attached hydrogen (secondary N) is 1. The van der Waals surface area contributed by atoms with Crippen LogP contribution >= 0.6 is 23.4 Å². The Bertz CT molecular complexity index is 459. The van der Waals surface area contributed by atoms with Crippen LogP contribution in [0.5, 0.6) is 0 Å². The molecule has 1 spiro atoms. The number of hydrogen-bond acceptors (Lipinski definition) is 4. The summed E-state index contributed by atoms with van der Waals surface area (Å²) in [6, 6.07) is 4.11. The largest absolute Gasteiger partial charge is 0.448 e. The molecule has 1 aromatic heterocycles. The van der Waals surface area contributed by atoms with E-state index in [9.17, 15) is 0 Å². The Balaban J connectivity index is 1.75. The summed E-state index contributed by atoms with van der Waals surface area (Å²) in [4.78, 5) is 0. The van der Waals surface area contributed by atoms with E-state index in [-0.39, 0.29) is 11.6 Å². The van der Waals surface area contributed by atoms with Gasteiger partial charge in [0.1, 0.15) is 5.76 Å². The molecule has 0 amide bonds. The van der Waals surface area contributed by atoms with Gasteiger partial charge in [0.25, 0.3) is 0 Å². The van der Waals surface area contributed by atoms with E-state index in [1.165, 1.54) is 12.2 Å². The Morgan fingerprint density at radius 1 is 1.52 bits per heavy atom. The van der Waals surface area contributed by atoms with Gasteiger partial charge in [-0.3, -0.25) is 0 Å². The van der Waals surface area contributed by atoms with E-state index in [1.807, 2.05) is 23.9 Å². The minimum atomic E-state index is 0.107. The summed E-state index contributed by atoms with van der Waals surface area (Å²) in [5.74, 6) is 3.90. The molecule has 5 heteroatoms. The zero-order valence-electron chi connectivity index (χ0n) is 12.6. The Hall–Kier alpha value is -0.160.